The zero-order valence-corrected chi connectivity index (χ0v) is 10.3. The lowest BCUT2D eigenvalue weighted by atomic mass is 10.2. The van der Waals surface area contributed by atoms with Crippen molar-refractivity contribution in [1.82, 2.24) is 4.90 Å². The first-order chi connectivity index (χ1) is 7.52. The molecule has 0 amide bonds. The minimum absolute atomic E-state index is 0.256. The summed E-state index contributed by atoms with van der Waals surface area (Å²) in [6, 6.07) is 5.25. The van der Waals surface area contributed by atoms with Gasteiger partial charge < -0.3 is 9.64 Å². The van der Waals surface area contributed by atoms with Crippen molar-refractivity contribution in [3.8, 4) is 5.75 Å². The van der Waals surface area contributed by atoms with Gasteiger partial charge in [-0.2, -0.15) is 0 Å². The molecule has 0 aliphatic rings. The molecule has 0 aliphatic carbocycles. The fourth-order valence-electron chi connectivity index (χ4n) is 1.15. The van der Waals surface area contributed by atoms with E-state index in [0.29, 0.717) is 17.1 Å². The maximum absolute atomic E-state index is 10.8. The van der Waals surface area contributed by atoms with E-state index in [4.69, 9.17) is 16.3 Å². The fourth-order valence-corrected chi connectivity index (χ4v) is 1.27. The molecule has 0 atom stereocenters. The molecule has 0 heterocycles. The third-order valence-corrected chi connectivity index (χ3v) is 2.29. The molecule has 0 aromatic heterocycles. The molecule has 16 heavy (non-hydrogen) atoms. The molecule has 0 fully saturated rings. The predicted octanol–water partition coefficient (Wildman–Crippen LogP) is 2.63. The molecule has 0 saturated carbocycles. The van der Waals surface area contributed by atoms with Crippen LogP contribution in [0.25, 0.3) is 0 Å². The Labute approximate surface area is 100 Å². The first-order valence-electron chi connectivity index (χ1n) is 4.80. The van der Waals surface area contributed by atoms with Crippen LogP contribution in [0, 0.1) is 6.92 Å². The molecular weight excluding hydrogens is 226 g/mol. The minimum Gasteiger partial charge on any atom is -0.452 e. The van der Waals surface area contributed by atoms with Crippen LogP contribution in [0.1, 0.15) is 5.56 Å². The summed E-state index contributed by atoms with van der Waals surface area (Å²) in [5.41, 5.74) is 0.911. The van der Waals surface area contributed by atoms with Gasteiger partial charge in [-0.05, 0) is 30.7 Å². The Kier molecular flexibility index (Phi) is 4.38. The van der Waals surface area contributed by atoms with Crippen LogP contribution in [-0.2, 0) is 4.79 Å². The van der Waals surface area contributed by atoms with Crippen molar-refractivity contribution in [3.05, 3.63) is 40.7 Å². The molecule has 4 heteroatoms. The highest BCUT2D eigenvalue weighted by Gasteiger charge is 2.02. The van der Waals surface area contributed by atoms with Gasteiger partial charge in [-0.15, -0.1) is 0 Å². The number of aryl methyl sites for hydroxylation is 1. The summed E-state index contributed by atoms with van der Waals surface area (Å²) in [5.74, 6) is 0.855. The number of carbonyl (C=O) groups is 1. The molecule has 0 spiro atoms. The summed E-state index contributed by atoms with van der Waals surface area (Å²) in [6.07, 6.45) is 2.28. The van der Waals surface area contributed by atoms with Gasteiger partial charge in [0.05, 0.1) is 0 Å². The van der Waals surface area contributed by atoms with Crippen molar-refractivity contribution >= 4 is 17.9 Å². The number of aldehydes is 1. The zero-order valence-electron chi connectivity index (χ0n) is 9.53. The lowest BCUT2D eigenvalue weighted by Crippen LogP contribution is -2.07. The first-order valence-corrected chi connectivity index (χ1v) is 5.18. The largest absolute Gasteiger partial charge is 0.452 e. The summed E-state index contributed by atoms with van der Waals surface area (Å²) in [7, 11) is 3.64. The Morgan fingerprint density at radius 1 is 1.44 bits per heavy atom. The monoisotopic (exact) mass is 239 g/mol. The lowest BCUT2D eigenvalue weighted by Gasteiger charge is -2.09. The van der Waals surface area contributed by atoms with E-state index in [9.17, 15) is 4.79 Å². The van der Waals surface area contributed by atoms with Crippen LogP contribution < -0.4 is 4.74 Å². The van der Waals surface area contributed by atoms with E-state index < -0.39 is 0 Å². The normalized spacial score (nSPS) is 11.1. The van der Waals surface area contributed by atoms with E-state index in [1.54, 1.807) is 29.3 Å². The van der Waals surface area contributed by atoms with Crippen molar-refractivity contribution in [2.75, 3.05) is 14.1 Å². The Hall–Kier alpha value is -1.48. The molecule has 0 aliphatic heterocycles. The molecule has 1 aromatic rings. The maximum Gasteiger partial charge on any atom is 0.186 e. The molecule has 1 aromatic carbocycles. The van der Waals surface area contributed by atoms with Crippen LogP contribution in [0.2, 0.25) is 5.02 Å². The minimum atomic E-state index is 0.256. The zero-order chi connectivity index (χ0) is 12.1. The summed E-state index contributed by atoms with van der Waals surface area (Å²) in [4.78, 5) is 12.5. The molecule has 0 unspecified atom stereocenters. The molecule has 0 radical (unpaired) electrons. The number of rotatable bonds is 4. The number of allylic oxidation sites excluding steroid dienone is 1. The van der Waals surface area contributed by atoms with Gasteiger partial charge in [0.2, 0.25) is 0 Å². The number of benzene rings is 1. The topological polar surface area (TPSA) is 29.5 Å². The van der Waals surface area contributed by atoms with Crippen LogP contribution in [0.3, 0.4) is 0 Å². The highest BCUT2D eigenvalue weighted by atomic mass is 35.5. The van der Waals surface area contributed by atoms with Crippen LogP contribution in [0.15, 0.2) is 30.2 Å². The number of hydrogen-bond acceptors (Lipinski definition) is 3. The van der Waals surface area contributed by atoms with Gasteiger partial charge >= 0.3 is 0 Å². The van der Waals surface area contributed by atoms with Gasteiger partial charge in [-0.25, -0.2) is 0 Å². The molecule has 0 saturated heterocycles. The number of halogens is 1. The summed E-state index contributed by atoms with van der Waals surface area (Å²) in [6.45, 7) is 1.88. The van der Waals surface area contributed by atoms with E-state index in [1.807, 2.05) is 21.0 Å². The van der Waals surface area contributed by atoms with Crippen LogP contribution in [0.4, 0.5) is 0 Å². The average Bonchev–Trinajstić information content (AvgIpc) is 2.22. The van der Waals surface area contributed by atoms with E-state index in [-0.39, 0.29) is 5.76 Å². The Bertz CT molecular complexity index is 413. The molecule has 1 rings (SSSR count). The van der Waals surface area contributed by atoms with E-state index in [2.05, 4.69) is 0 Å². The van der Waals surface area contributed by atoms with Gasteiger partial charge in [0, 0.05) is 25.3 Å². The third-order valence-electron chi connectivity index (χ3n) is 1.87. The lowest BCUT2D eigenvalue weighted by molar-refractivity contribution is -0.106. The number of ether oxygens (including phenoxy) is 1. The van der Waals surface area contributed by atoms with Gasteiger partial charge in [-0.3, -0.25) is 4.79 Å². The highest BCUT2D eigenvalue weighted by Crippen LogP contribution is 2.22. The van der Waals surface area contributed by atoms with Crippen molar-refractivity contribution in [2.45, 2.75) is 6.92 Å². The van der Waals surface area contributed by atoms with Crippen molar-refractivity contribution in [2.24, 2.45) is 0 Å². The Balaban J connectivity index is 2.86. The molecule has 0 bridgehead atoms. The van der Waals surface area contributed by atoms with Gasteiger partial charge in [-0.1, -0.05) is 11.6 Å². The Morgan fingerprint density at radius 2 is 2.12 bits per heavy atom. The van der Waals surface area contributed by atoms with Crippen LogP contribution >= 0.6 is 11.6 Å². The molecule has 0 N–H and O–H groups in total. The second-order valence-corrected chi connectivity index (χ2v) is 4.03. The van der Waals surface area contributed by atoms with E-state index >= 15 is 0 Å². The van der Waals surface area contributed by atoms with Crippen molar-refractivity contribution < 1.29 is 9.53 Å². The average molecular weight is 240 g/mol. The maximum atomic E-state index is 10.8. The fraction of sp³-hybridized carbons (Fsp3) is 0.250. The summed E-state index contributed by atoms with van der Waals surface area (Å²) in [5, 5.41) is 0.677. The molecule has 86 valence electrons. The van der Waals surface area contributed by atoms with Gasteiger partial charge in [0.15, 0.2) is 12.0 Å². The molecule has 3 nitrogen and oxygen atoms in total. The highest BCUT2D eigenvalue weighted by molar-refractivity contribution is 6.31. The smallest absolute Gasteiger partial charge is 0.186 e. The first kappa shape index (κ1) is 12.6. The van der Waals surface area contributed by atoms with Crippen molar-refractivity contribution in [3.63, 3.8) is 0 Å². The molecular formula is C12H14ClNO2. The standard InChI is InChI=1S/C12H14ClNO2/c1-9-6-10(4-5-12(9)13)16-11(8-15)7-14(2)3/h4-8H,1-3H3. The quantitative estimate of drug-likeness (QED) is 0.460. The van der Waals surface area contributed by atoms with Crippen LogP contribution in [0.5, 0.6) is 5.75 Å². The number of carbonyl (C=O) groups excluding carboxylic acids is 1. The third kappa shape index (κ3) is 3.59. The van der Waals surface area contributed by atoms with Crippen molar-refractivity contribution in [1.29, 1.82) is 0 Å². The van der Waals surface area contributed by atoms with E-state index in [1.165, 1.54) is 0 Å². The van der Waals surface area contributed by atoms with E-state index in [0.717, 1.165) is 5.56 Å². The summed E-state index contributed by atoms with van der Waals surface area (Å²) < 4.78 is 5.40. The second-order valence-electron chi connectivity index (χ2n) is 3.63. The number of hydrogen-bond donors (Lipinski definition) is 0. The van der Waals surface area contributed by atoms with Gasteiger partial charge in [0.1, 0.15) is 5.75 Å². The second kappa shape index (κ2) is 5.56. The Morgan fingerprint density at radius 3 is 2.62 bits per heavy atom. The summed E-state index contributed by atoms with van der Waals surface area (Å²) >= 11 is 5.89. The van der Waals surface area contributed by atoms with Gasteiger partial charge in [0.25, 0.3) is 0 Å². The van der Waals surface area contributed by atoms with Crippen LogP contribution in [-0.4, -0.2) is 25.3 Å². The SMILES string of the molecule is Cc1cc(OC(C=O)=CN(C)C)ccc1Cl. The predicted molar refractivity (Wildman–Crippen MR) is 64.7 cm³/mol. The number of nitrogens with zero attached hydrogens (tertiary/aromatic N) is 1.